The zero-order chi connectivity index (χ0) is 21.7. The summed E-state index contributed by atoms with van der Waals surface area (Å²) in [7, 11) is 0. The van der Waals surface area contributed by atoms with Crippen molar-refractivity contribution in [3.63, 3.8) is 0 Å². The maximum atomic E-state index is 13.0. The van der Waals surface area contributed by atoms with E-state index in [2.05, 4.69) is 28.1 Å². The Morgan fingerprint density at radius 3 is 2.10 bits per heavy atom. The van der Waals surface area contributed by atoms with Crippen molar-refractivity contribution in [1.82, 2.24) is 4.90 Å². The lowest BCUT2D eigenvalue weighted by atomic mass is 9.85. The van der Waals surface area contributed by atoms with Gasteiger partial charge in [0.2, 0.25) is 11.8 Å². The molecule has 31 heavy (non-hydrogen) atoms. The highest BCUT2D eigenvalue weighted by Gasteiger charge is 2.60. The summed E-state index contributed by atoms with van der Waals surface area (Å²) in [6, 6.07) is 6.79. The molecule has 1 heterocycles. The van der Waals surface area contributed by atoms with E-state index in [0.717, 1.165) is 10.9 Å². The fourth-order valence-corrected chi connectivity index (χ4v) is 6.09. The number of esters is 1. The van der Waals surface area contributed by atoms with E-state index in [9.17, 15) is 19.2 Å². The third-order valence-electron chi connectivity index (χ3n) is 7.41. The number of benzene rings is 1. The molecular weight excluding hydrogens is 462 g/mol. The summed E-state index contributed by atoms with van der Waals surface area (Å²) in [4.78, 5) is 52.1. The van der Waals surface area contributed by atoms with Crippen LogP contribution in [0.5, 0.6) is 0 Å². The third kappa shape index (κ3) is 3.56. The molecule has 2 bridgehead atoms. The lowest BCUT2D eigenvalue weighted by molar-refractivity contribution is -0.149. The molecule has 5 rings (SSSR count). The Bertz CT molecular complexity index is 933. The second-order valence-corrected chi connectivity index (χ2v) is 10.0. The number of Topliss-reactive ketones (excluding diaryl/α,β-unsaturated/α-hetero) is 1. The summed E-state index contributed by atoms with van der Waals surface area (Å²) in [5.41, 5.74) is 0.500. The van der Waals surface area contributed by atoms with Crippen LogP contribution in [-0.4, -0.2) is 41.1 Å². The van der Waals surface area contributed by atoms with Gasteiger partial charge in [-0.25, -0.2) is 0 Å². The number of likely N-dealkylation sites (tertiary alicyclic amines) is 1. The van der Waals surface area contributed by atoms with E-state index in [-0.39, 0.29) is 65.8 Å². The molecule has 6 nitrogen and oxygen atoms in total. The van der Waals surface area contributed by atoms with Crippen molar-refractivity contribution in [2.45, 2.75) is 38.1 Å². The van der Waals surface area contributed by atoms with Crippen LogP contribution in [0.2, 0.25) is 0 Å². The van der Waals surface area contributed by atoms with Gasteiger partial charge < -0.3 is 4.74 Å². The number of rotatable bonds is 5. The minimum Gasteiger partial charge on any atom is -0.457 e. The lowest BCUT2D eigenvalue weighted by Gasteiger charge is -2.33. The van der Waals surface area contributed by atoms with Crippen LogP contribution in [0, 0.1) is 29.6 Å². The Morgan fingerprint density at radius 1 is 0.935 bits per heavy atom. The van der Waals surface area contributed by atoms with Crippen molar-refractivity contribution < 1.29 is 23.9 Å². The van der Waals surface area contributed by atoms with E-state index in [1.54, 1.807) is 24.3 Å². The van der Waals surface area contributed by atoms with Gasteiger partial charge >= 0.3 is 5.97 Å². The minimum atomic E-state index is -0.373. The summed E-state index contributed by atoms with van der Waals surface area (Å²) in [5, 5.41) is 0. The van der Waals surface area contributed by atoms with Crippen LogP contribution in [-0.2, 0) is 19.1 Å². The first-order valence-electron chi connectivity index (χ1n) is 10.9. The molecule has 1 aromatic carbocycles. The molecular formula is C24H24BrNO5. The van der Waals surface area contributed by atoms with Gasteiger partial charge in [0.25, 0.3) is 0 Å². The number of imide groups is 1. The molecule has 0 unspecified atom stereocenters. The predicted octanol–water partition coefficient (Wildman–Crippen LogP) is 3.54. The number of allylic oxidation sites excluding steroid dienone is 2. The fourth-order valence-electron chi connectivity index (χ4n) is 5.83. The van der Waals surface area contributed by atoms with Gasteiger partial charge in [-0.15, -0.1) is 0 Å². The van der Waals surface area contributed by atoms with E-state index < -0.39 is 0 Å². The summed E-state index contributed by atoms with van der Waals surface area (Å²) in [6.45, 7) is -0.275. The molecule has 1 aromatic rings. The van der Waals surface area contributed by atoms with E-state index in [4.69, 9.17) is 4.74 Å². The van der Waals surface area contributed by atoms with Crippen molar-refractivity contribution in [3.8, 4) is 0 Å². The topological polar surface area (TPSA) is 80.8 Å². The lowest BCUT2D eigenvalue weighted by Crippen LogP contribution is -2.44. The van der Waals surface area contributed by atoms with Gasteiger partial charge in [-0.05, 0) is 56.1 Å². The molecule has 7 heteroatoms. The summed E-state index contributed by atoms with van der Waals surface area (Å²) in [5.74, 6) is -0.851. The predicted molar refractivity (Wildman–Crippen MR) is 115 cm³/mol. The molecule has 1 aliphatic heterocycles. The molecule has 0 aromatic heterocycles. The van der Waals surface area contributed by atoms with Crippen LogP contribution in [0.25, 0.3) is 0 Å². The first-order chi connectivity index (χ1) is 14.9. The van der Waals surface area contributed by atoms with Crippen molar-refractivity contribution in [1.29, 1.82) is 0 Å². The number of carbonyl (C=O) groups is 4. The van der Waals surface area contributed by atoms with Gasteiger partial charge in [0.1, 0.15) is 0 Å². The highest BCUT2D eigenvalue weighted by atomic mass is 79.9. The number of carbonyl (C=O) groups excluding carboxylic acids is 4. The Hall–Kier alpha value is -2.28. The Labute approximate surface area is 189 Å². The van der Waals surface area contributed by atoms with Gasteiger partial charge in [0, 0.05) is 16.1 Å². The molecule has 0 N–H and O–H groups in total. The SMILES string of the molecule is O=C(COC(=O)C1CCC(N2C(=O)[C@@H]3[C@@H](C2=O)[C@H]2C=C[C@@H]3C2)CC1)c1ccc(Br)cc1. The number of nitrogens with zero attached hydrogens (tertiary/aromatic N) is 1. The molecule has 4 aliphatic rings. The molecule has 2 saturated carbocycles. The standard InChI is InChI=1S/C24H24BrNO5/c25-17-7-3-13(4-8-17)19(27)12-31-24(30)14-5-9-18(10-6-14)26-22(28)20-15-1-2-16(11-15)21(20)23(26)29/h1-4,7-8,14-16,18,20-21H,5-6,9-12H2/t14?,15-,16+,18?,20-,21-/m0/s1. The monoisotopic (exact) mass is 485 g/mol. The first kappa shape index (κ1) is 20.6. The van der Waals surface area contributed by atoms with Gasteiger partial charge in [-0.2, -0.15) is 0 Å². The number of hydrogen-bond acceptors (Lipinski definition) is 5. The van der Waals surface area contributed by atoms with E-state index in [1.807, 2.05) is 0 Å². The Kier molecular flexibility index (Phi) is 5.32. The van der Waals surface area contributed by atoms with E-state index in [1.165, 1.54) is 4.90 Å². The van der Waals surface area contributed by atoms with Crippen LogP contribution in [0.4, 0.5) is 0 Å². The Balaban J connectivity index is 1.13. The van der Waals surface area contributed by atoms with Crippen molar-refractivity contribution in [2.75, 3.05) is 6.61 Å². The number of ketones is 1. The number of halogens is 1. The van der Waals surface area contributed by atoms with Crippen molar-refractivity contribution >= 4 is 39.5 Å². The molecule has 0 radical (unpaired) electrons. The molecule has 1 saturated heterocycles. The second kappa shape index (κ2) is 8.01. The molecule has 4 atom stereocenters. The summed E-state index contributed by atoms with van der Waals surface area (Å²) >= 11 is 3.32. The van der Waals surface area contributed by atoms with Crippen LogP contribution in [0.3, 0.4) is 0 Å². The van der Waals surface area contributed by atoms with E-state index in [0.29, 0.717) is 31.2 Å². The molecule has 162 valence electrons. The average Bonchev–Trinajstić information content (AvgIpc) is 3.46. The van der Waals surface area contributed by atoms with Gasteiger partial charge in [0.15, 0.2) is 12.4 Å². The van der Waals surface area contributed by atoms with Crippen molar-refractivity contribution in [2.24, 2.45) is 29.6 Å². The largest absolute Gasteiger partial charge is 0.457 e. The zero-order valence-corrected chi connectivity index (χ0v) is 18.6. The third-order valence-corrected chi connectivity index (χ3v) is 7.94. The van der Waals surface area contributed by atoms with E-state index >= 15 is 0 Å². The quantitative estimate of drug-likeness (QED) is 0.275. The van der Waals surface area contributed by atoms with Gasteiger partial charge in [-0.1, -0.05) is 40.2 Å². The number of hydrogen-bond donors (Lipinski definition) is 0. The highest BCUT2D eigenvalue weighted by Crippen LogP contribution is 2.53. The molecule has 3 fully saturated rings. The van der Waals surface area contributed by atoms with Crippen LogP contribution in [0.1, 0.15) is 42.5 Å². The number of ether oxygens (including phenoxy) is 1. The normalized spacial score (nSPS) is 33.6. The zero-order valence-electron chi connectivity index (χ0n) is 17.0. The van der Waals surface area contributed by atoms with Gasteiger partial charge in [0.05, 0.1) is 17.8 Å². The van der Waals surface area contributed by atoms with Gasteiger partial charge in [-0.3, -0.25) is 24.1 Å². The Morgan fingerprint density at radius 2 is 1.52 bits per heavy atom. The minimum absolute atomic E-state index is 0.0158. The van der Waals surface area contributed by atoms with Crippen LogP contribution < -0.4 is 0 Å². The fraction of sp³-hybridized carbons (Fsp3) is 0.500. The highest BCUT2D eigenvalue weighted by molar-refractivity contribution is 9.10. The smallest absolute Gasteiger partial charge is 0.309 e. The first-order valence-corrected chi connectivity index (χ1v) is 11.7. The molecule has 0 spiro atoms. The number of amides is 2. The van der Waals surface area contributed by atoms with Crippen LogP contribution >= 0.6 is 15.9 Å². The molecule has 3 aliphatic carbocycles. The maximum Gasteiger partial charge on any atom is 0.309 e. The van der Waals surface area contributed by atoms with Crippen LogP contribution in [0.15, 0.2) is 40.9 Å². The van der Waals surface area contributed by atoms with Crippen molar-refractivity contribution in [3.05, 3.63) is 46.5 Å². The summed E-state index contributed by atoms with van der Waals surface area (Å²) in [6.07, 6.45) is 7.48. The average molecular weight is 486 g/mol. The number of fused-ring (bicyclic) bond motifs is 5. The summed E-state index contributed by atoms with van der Waals surface area (Å²) < 4.78 is 6.15. The maximum absolute atomic E-state index is 13.0. The molecule has 2 amide bonds. The second-order valence-electron chi connectivity index (χ2n) is 9.09.